The minimum Gasteiger partial charge on any atom is -0.464 e. The van der Waals surface area contributed by atoms with Crippen molar-refractivity contribution in [3.63, 3.8) is 0 Å². The minimum absolute atomic E-state index is 0.244. The molecule has 82 valence electrons. The van der Waals surface area contributed by atoms with Gasteiger partial charge in [0.25, 0.3) is 0 Å². The molecule has 0 saturated carbocycles. The fraction of sp³-hybridized carbons (Fsp3) is 0.400. The van der Waals surface area contributed by atoms with E-state index in [1.54, 1.807) is 31.5 Å². The molecule has 1 rings (SSSR count). The molecule has 0 amide bonds. The van der Waals surface area contributed by atoms with Gasteiger partial charge >= 0.3 is 5.97 Å². The number of carbonyl (C=O) groups excluding carboxylic acids is 2. The third-order valence-electron chi connectivity index (χ3n) is 1.84. The zero-order chi connectivity index (χ0) is 11.3. The molecule has 0 aliphatic rings. The second kappa shape index (κ2) is 5.63. The highest BCUT2D eigenvalue weighted by Gasteiger charge is 2.27. The average Bonchev–Trinajstić information content (AvgIpc) is 2.71. The number of rotatable bonds is 5. The van der Waals surface area contributed by atoms with Gasteiger partial charge in [-0.3, -0.25) is 4.79 Å². The SMILES string of the molecule is CCOC(=O)C(NC)C(=O)c1cccs1. The first-order valence-electron chi connectivity index (χ1n) is 4.62. The summed E-state index contributed by atoms with van der Waals surface area (Å²) in [5.41, 5.74) is 0. The number of hydrogen-bond donors (Lipinski definition) is 1. The van der Waals surface area contributed by atoms with Gasteiger partial charge in [0.1, 0.15) is 0 Å². The molecule has 0 bridgehead atoms. The Morgan fingerprint density at radius 2 is 2.33 bits per heavy atom. The Balaban J connectivity index is 2.75. The van der Waals surface area contributed by atoms with Gasteiger partial charge in [-0.25, -0.2) is 4.79 Å². The highest BCUT2D eigenvalue weighted by atomic mass is 32.1. The van der Waals surface area contributed by atoms with Crippen LogP contribution in [0.1, 0.15) is 16.6 Å². The number of Topliss-reactive ketones (excluding diaryl/α,β-unsaturated/α-hetero) is 1. The van der Waals surface area contributed by atoms with E-state index in [1.165, 1.54) is 11.3 Å². The van der Waals surface area contributed by atoms with Crippen molar-refractivity contribution in [3.8, 4) is 0 Å². The monoisotopic (exact) mass is 227 g/mol. The summed E-state index contributed by atoms with van der Waals surface area (Å²) in [6.07, 6.45) is 0. The second-order valence-corrected chi connectivity index (χ2v) is 3.76. The lowest BCUT2D eigenvalue weighted by atomic mass is 10.1. The summed E-state index contributed by atoms with van der Waals surface area (Å²) in [5.74, 6) is -0.774. The fourth-order valence-electron chi connectivity index (χ4n) is 1.14. The van der Waals surface area contributed by atoms with Crippen LogP contribution in [0.3, 0.4) is 0 Å². The molecule has 1 N–H and O–H groups in total. The maximum absolute atomic E-state index is 11.8. The molecule has 1 aromatic heterocycles. The topological polar surface area (TPSA) is 55.4 Å². The first-order chi connectivity index (χ1) is 7.20. The van der Waals surface area contributed by atoms with Crippen molar-refractivity contribution in [1.82, 2.24) is 5.32 Å². The van der Waals surface area contributed by atoms with Gasteiger partial charge in [0, 0.05) is 0 Å². The molecule has 5 heteroatoms. The van der Waals surface area contributed by atoms with E-state index in [1.807, 2.05) is 0 Å². The number of thiophene rings is 1. The van der Waals surface area contributed by atoms with E-state index >= 15 is 0 Å². The molecule has 15 heavy (non-hydrogen) atoms. The summed E-state index contributed by atoms with van der Waals surface area (Å²) < 4.78 is 4.80. The van der Waals surface area contributed by atoms with Crippen molar-refractivity contribution in [1.29, 1.82) is 0 Å². The number of hydrogen-bond acceptors (Lipinski definition) is 5. The van der Waals surface area contributed by atoms with Crippen LogP contribution in [0.5, 0.6) is 0 Å². The van der Waals surface area contributed by atoms with E-state index < -0.39 is 12.0 Å². The van der Waals surface area contributed by atoms with Crippen LogP contribution >= 0.6 is 11.3 Å². The van der Waals surface area contributed by atoms with E-state index in [0.717, 1.165) is 0 Å². The Bertz CT molecular complexity index is 334. The van der Waals surface area contributed by atoms with Gasteiger partial charge in [-0.15, -0.1) is 11.3 Å². The zero-order valence-electron chi connectivity index (χ0n) is 8.65. The fourth-order valence-corrected chi connectivity index (χ4v) is 1.84. The van der Waals surface area contributed by atoms with Crippen LogP contribution < -0.4 is 5.32 Å². The van der Waals surface area contributed by atoms with Gasteiger partial charge in [-0.1, -0.05) is 6.07 Å². The summed E-state index contributed by atoms with van der Waals surface area (Å²) >= 11 is 1.31. The third kappa shape index (κ3) is 2.87. The van der Waals surface area contributed by atoms with Gasteiger partial charge in [-0.2, -0.15) is 0 Å². The Morgan fingerprint density at radius 3 is 2.80 bits per heavy atom. The first kappa shape index (κ1) is 11.9. The Hall–Kier alpha value is -1.20. The largest absolute Gasteiger partial charge is 0.464 e. The Kier molecular flexibility index (Phi) is 4.45. The highest BCUT2D eigenvalue weighted by molar-refractivity contribution is 7.12. The average molecular weight is 227 g/mol. The number of likely N-dealkylation sites (N-methyl/N-ethyl adjacent to an activating group) is 1. The Morgan fingerprint density at radius 1 is 1.60 bits per heavy atom. The van der Waals surface area contributed by atoms with Crippen molar-refractivity contribution in [2.75, 3.05) is 13.7 Å². The van der Waals surface area contributed by atoms with Gasteiger partial charge in [0.15, 0.2) is 6.04 Å². The normalized spacial score (nSPS) is 12.1. The molecule has 1 aromatic rings. The molecule has 1 unspecified atom stereocenters. The predicted octanol–water partition coefficient (Wildman–Crippen LogP) is 1.08. The number of ether oxygens (including phenoxy) is 1. The maximum Gasteiger partial charge on any atom is 0.331 e. The number of ketones is 1. The van der Waals surface area contributed by atoms with Crippen molar-refractivity contribution in [2.45, 2.75) is 13.0 Å². The zero-order valence-corrected chi connectivity index (χ0v) is 9.47. The molecule has 0 aliphatic carbocycles. The van der Waals surface area contributed by atoms with Crippen LogP contribution in [-0.2, 0) is 9.53 Å². The van der Waals surface area contributed by atoms with E-state index in [-0.39, 0.29) is 12.4 Å². The van der Waals surface area contributed by atoms with E-state index in [2.05, 4.69) is 5.32 Å². The molecular weight excluding hydrogens is 214 g/mol. The predicted molar refractivity (Wildman–Crippen MR) is 58.1 cm³/mol. The van der Waals surface area contributed by atoms with Crippen LogP contribution in [0.2, 0.25) is 0 Å². The van der Waals surface area contributed by atoms with Crippen LogP contribution in [0, 0.1) is 0 Å². The van der Waals surface area contributed by atoms with Crippen LogP contribution in [-0.4, -0.2) is 31.4 Å². The molecule has 1 heterocycles. The third-order valence-corrected chi connectivity index (χ3v) is 2.72. The number of carbonyl (C=O) groups is 2. The Labute approximate surface area is 92.2 Å². The molecule has 0 spiro atoms. The smallest absolute Gasteiger partial charge is 0.331 e. The van der Waals surface area contributed by atoms with Crippen molar-refractivity contribution in [3.05, 3.63) is 22.4 Å². The molecule has 0 radical (unpaired) electrons. The first-order valence-corrected chi connectivity index (χ1v) is 5.50. The summed E-state index contributed by atoms with van der Waals surface area (Å²) in [4.78, 5) is 23.8. The van der Waals surface area contributed by atoms with Gasteiger partial charge in [0.05, 0.1) is 11.5 Å². The summed E-state index contributed by atoms with van der Waals surface area (Å²) in [5, 5.41) is 4.45. The van der Waals surface area contributed by atoms with E-state index in [4.69, 9.17) is 4.74 Å². The highest BCUT2D eigenvalue weighted by Crippen LogP contribution is 2.11. The maximum atomic E-state index is 11.8. The quantitative estimate of drug-likeness (QED) is 0.464. The molecule has 0 aromatic carbocycles. The molecular formula is C10H13NO3S. The van der Waals surface area contributed by atoms with Crippen molar-refractivity contribution >= 4 is 23.1 Å². The molecule has 4 nitrogen and oxygen atoms in total. The molecule has 0 saturated heterocycles. The van der Waals surface area contributed by atoms with Gasteiger partial charge in [0.2, 0.25) is 5.78 Å². The van der Waals surface area contributed by atoms with Crippen LogP contribution in [0.4, 0.5) is 0 Å². The van der Waals surface area contributed by atoms with Gasteiger partial charge < -0.3 is 10.1 Å². The second-order valence-electron chi connectivity index (χ2n) is 2.82. The lowest BCUT2D eigenvalue weighted by Crippen LogP contribution is -2.42. The lowest BCUT2D eigenvalue weighted by molar-refractivity contribution is -0.144. The van der Waals surface area contributed by atoms with Crippen molar-refractivity contribution < 1.29 is 14.3 Å². The van der Waals surface area contributed by atoms with Crippen molar-refractivity contribution in [2.24, 2.45) is 0 Å². The number of esters is 1. The number of nitrogens with one attached hydrogen (secondary N) is 1. The summed E-state index contributed by atoms with van der Waals surface area (Å²) in [7, 11) is 1.56. The summed E-state index contributed by atoms with van der Waals surface area (Å²) in [6.45, 7) is 1.98. The molecule has 1 atom stereocenters. The van der Waals surface area contributed by atoms with E-state index in [9.17, 15) is 9.59 Å². The summed E-state index contributed by atoms with van der Waals surface area (Å²) in [6, 6.07) is 2.57. The molecule has 0 fully saturated rings. The molecule has 0 aliphatic heterocycles. The van der Waals surface area contributed by atoms with Gasteiger partial charge in [-0.05, 0) is 25.4 Å². The van der Waals surface area contributed by atoms with Crippen LogP contribution in [0.25, 0.3) is 0 Å². The van der Waals surface area contributed by atoms with E-state index in [0.29, 0.717) is 4.88 Å². The minimum atomic E-state index is -0.899. The lowest BCUT2D eigenvalue weighted by Gasteiger charge is -2.12. The standard InChI is InChI=1S/C10H13NO3S/c1-3-14-10(13)8(11-2)9(12)7-5-4-6-15-7/h4-6,8,11H,3H2,1-2H3. The van der Waals surface area contributed by atoms with Crippen LogP contribution in [0.15, 0.2) is 17.5 Å².